The van der Waals surface area contributed by atoms with Crippen LogP contribution in [0.4, 0.5) is 5.95 Å². The predicted molar refractivity (Wildman–Crippen MR) is 81.9 cm³/mol. The quantitative estimate of drug-likeness (QED) is 0.855. The van der Waals surface area contributed by atoms with Crippen molar-refractivity contribution in [1.82, 2.24) is 20.2 Å². The van der Waals surface area contributed by atoms with E-state index in [0.29, 0.717) is 17.9 Å². The highest BCUT2D eigenvalue weighted by atomic mass is 16.5. The third-order valence-electron chi connectivity index (χ3n) is 3.79. The van der Waals surface area contributed by atoms with Crippen molar-refractivity contribution in [3.8, 4) is 5.75 Å². The molecule has 2 heterocycles. The van der Waals surface area contributed by atoms with Gasteiger partial charge >= 0.3 is 5.97 Å². The Bertz CT molecular complexity index is 751. The summed E-state index contributed by atoms with van der Waals surface area (Å²) in [5, 5.41) is 14.8. The molecule has 0 bridgehead atoms. The van der Waals surface area contributed by atoms with Crippen LogP contribution in [0.5, 0.6) is 5.75 Å². The van der Waals surface area contributed by atoms with Crippen LogP contribution in [-0.2, 0) is 9.53 Å². The lowest BCUT2D eigenvalue weighted by molar-refractivity contribution is -0.136. The Morgan fingerprint density at radius 1 is 1.30 bits per heavy atom. The number of hydrogen-bond donors (Lipinski definition) is 1. The van der Waals surface area contributed by atoms with Gasteiger partial charge in [-0.3, -0.25) is 0 Å². The molecule has 0 spiro atoms. The van der Waals surface area contributed by atoms with Crippen LogP contribution in [0.3, 0.4) is 0 Å². The molecule has 0 radical (unpaired) electrons. The third kappa shape index (κ3) is 2.52. The van der Waals surface area contributed by atoms with Crippen LogP contribution >= 0.6 is 0 Å². The number of ether oxygens (including phenoxy) is 2. The van der Waals surface area contributed by atoms with E-state index < -0.39 is 12.0 Å². The number of allylic oxidation sites excluding steroid dienone is 1. The van der Waals surface area contributed by atoms with Gasteiger partial charge in [0.2, 0.25) is 5.95 Å². The molecule has 0 saturated heterocycles. The maximum absolute atomic E-state index is 12.3. The summed E-state index contributed by atoms with van der Waals surface area (Å²) in [6.07, 6.45) is 0.629. The Morgan fingerprint density at radius 2 is 2.04 bits per heavy atom. The number of rotatable bonds is 4. The van der Waals surface area contributed by atoms with Crippen molar-refractivity contribution in [3.05, 3.63) is 41.1 Å². The lowest BCUT2D eigenvalue weighted by Crippen LogP contribution is -2.30. The van der Waals surface area contributed by atoms with Crippen LogP contribution < -0.4 is 10.1 Å². The first-order valence-corrected chi connectivity index (χ1v) is 7.19. The normalized spacial score (nSPS) is 16.6. The third-order valence-corrected chi connectivity index (χ3v) is 3.79. The van der Waals surface area contributed by atoms with Crippen molar-refractivity contribution in [1.29, 1.82) is 0 Å². The van der Waals surface area contributed by atoms with Gasteiger partial charge in [-0.05, 0) is 34.5 Å². The number of hydrogen-bond acceptors (Lipinski definition) is 7. The minimum atomic E-state index is -0.449. The SMILES string of the molecule is CCC1=C(C(=O)OC)[C@@H](c2ccc(OC)cc2)n2nnnc2N1. The molecule has 8 heteroatoms. The molecule has 1 aromatic carbocycles. The standard InChI is InChI=1S/C15H17N5O3/c1-4-11-12(14(21)23-3)13(20-15(16-11)17-18-19-20)9-5-7-10(22-2)8-6-9/h5-8,13H,4H2,1-3H3,(H,16,17,19)/t13-/m1/s1. The van der Waals surface area contributed by atoms with Crippen LogP contribution in [0.25, 0.3) is 0 Å². The fourth-order valence-corrected chi connectivity index (χ4v) is 2.66. The van der Waals surface area contributed by atoms with E-state index in [-0.39, 0.29) is 0 Å². The molecule has 1 aromatic heterocycles. The van der Waals surface area contributed by atoms with Gasteiger partial charge in [0.15, 0.2) is 0 Å². The molecule has 0 fully saturated rings. The van der Waals surface area contributed by atoms with Gasteiger partial charge in [0, 0.05) is 5.70 Å². The molecular weight excluding hydrogens is 298 g/mol. The Kier molecular flexibility index (Phi) is 3.96. The fourth-order valence-electron chi connectivity index (χ4n) is 2.66. The zero-order chi connectivity index (χ0) is 16.4. The molecule has 3 rings (SSSR count). The summed E-state index contributed by atoms with van der Waals surface area (Å²) in [5.41, 5.74) is 2.12. The zero-order valence-corrected chi connectivity index (χ0v) is 13.1. The highest BCUT2D eigenvalue weighted by Gasteiger charge is 2.35. The average Bonchev–Trinajstić information content (AvgIpc) is 3.07. The van der Waals surface area contributed by atoms with Crippen molar-refractivity contribution in [2.75, 3.05) is 19.5 Å². The van der Waals surface area contributed by atoms with E-state index in [4.69, 9.17) is 9.47 Å². The monoisotopic (exact) mass is 315 g/mol. The molecule has 1 aliphatic rings. The first kappa shape index (κ1) is 15.0. The van der Waals surface area contributed by atoms with E-state index in [0.717, 1.165) is 17.0 Å². The lowest BCUT2D eigenvalue weighted by Gasteiger charge is -2.28. The number of esters is 1. The van der Waals surface area contributed by atoms with Gasteiger partial charge < -0.3 is 14.8 Å². The van der Waals surface area contributed by atoms with Crippen molar-refractivity contribution in [2.24, 2.45) is 0 Å². The number of anilines is 1. The van der Waals surface area contributed by atoms with E-state index in [1.807, 2.05) is 31.2 Å². The first-order valence-electron chi connectivity index (χ1n) is 7.19. The van der Waals surface area contributed by atoms with Gasteiger partial charge in [-0.25, -0.2) is 4.79 Å². The molecule has 0 unspecified atom stereocenters. The number of tetrazole rings is 1. The Morgan fingerprint density at radius 3 is 2.65 bits per heavy atom. The molecular formula is C15H17N5O3. The van der Waals surface area contributed by atoms with Crippen molar-refractivity contribution in [3.63, 3.8) is 0 Å². The Labute approximate surface area is 133 Å². The number of nitrogens with one attached hydrogen (secondary N) is 1. The number of carbonyl (C=O) groups is 1. The number of methoxy groups -OCH3 is 2. The second-order valence-electron chi connectivity index (χ2n) is 4.99. The minimum Gasteiger partial charge on any atom is -0.497 e. The van der Waals surface area contributed by atoms with Gasteiger partial charge in [0.1, 0.15) is 11.8 Å². The summed E-state index contributed by atoms with van der Waals surface area (Å²) < 4.78 is 11.7. The number of benzene rings is 1. The number of aromatic nitrogens is 4. The van der Waals surface area contributed by atoms with E-state index in [1.54, 1.807) is 11.8 Å². The summed E-state index contributed by atoms with van der Waals surface area (Å²) in [7, 11) is 2.97. The van der Waals surface area contributed by atoms with E-state index in [2.05, 4.69) is 20.8 Å². The first-order chi connectivity index (χ1) is 11.2. The lowest BCUT2D eigenvalue weighted by atomic mass is 9.94. The zero-order valence-electron chi connectivity index (χ0n) is 13.1. The predicted octanol–water partition coefficient (Wildman–Crippen LogP) is 1.53. The summed E-state index contributed by atoms with van der Waals surface area (Å²) in [4.78, 5) is 12.3. The molecule has 8 nitrogen and oxygen atoms in total. The largest absolute Gasteiger partial charge is 0.497 e. The maximum atomic E-state index is 12.3. The molecule has 1 aliphatic heterocycles. The van der Waals surface area contributed by atoms with Crippen LogP contribution in [0.1, 0.15) is 24.9 Å². The molecule has 120 valence electrons. The smallest absolute Gasteiger partial charge is 0.338 e. The molecule has 2 aromatic rings. The molecule has 0 saturated carbocycles. The number of fused-ring (bicyclic) bond motifs is 1. The van der Waals surface area contributed by atoms with Gasteiger partial charge in [-0.2, -0.15) is 4.68 Å². The van der Waals surface area contributed by atoms with Crippen molar-refractivity contribution < 1.29 is 14.3 Å². The summed E-state index contributed by atoms with van der Waals surface area (Å²) in [5.74, 6) is 0.825. The Balaban J connectivity index is 2.15. The van der Waals surface area contributed by atoms with Crippen LogP contribution in [0.2, 0.25) is 0 Å². The maximum Gasteiger partial charge on any atom is 0.338 e. The fraction of sp³-hybridized carbons (Fsp3) is 0.333. The molecule has 0 amide bonds. The van der Waals surface area contributed by atoms with Gasteiger partial charge in [-0.15, -0.1) is 0 Å². The topological polar surface area (TPSA) is 91.2 Å². The van der Waals surface area contributed by atoms with Gasteiger partial charge in [0.25, 0.3) is 0 Å². The second-order valence-corrected chi connectivity index (χ2v) is 4.99. The highest BCUT2D eigenvalue weighted by molar-refractivity contribution is 5.92. The summed E-state index contributed by atoms with van der Waals surface area (Å²) in [6.45, 7) is 1.95. The molecule has 23 heavy (non-hydrogen) atoms. The van der Waals surface area contributed by atoms with E-state index in [1.165, 1.54) is 7.11 Å². The minimum absolute atomic E-state index is 0.406. The van der Waals surface area contributed by atoms with Crippen molar-refractivity contribution in [2.45, 2.75) is 19.4 Å². The second kappa shape index (κ2) is 6.07. The van der Waals surface area contributed by atoms with Crippen molar-refractivity contribution >= 4 is 11.9 Å². The van der Waals surface area contributed by atoms with Crippen LogP contribution in [-0.4, -0.2) is 40.4 Å². The molecule has 1 N–H and O–H groups in total. The van der Waals surface area contributed by atoms with Gasteiger partial charge in [-0.1, -0.05) is 24.2 Å². The summed E-state index contributed by atoms with van der Waals surface area (Å²) >= 11 is 0. The number of carbonyl (C=O) groups excluding carboxylic acids is 1. The number of nitrogens with zero attached hydrogens (tertiary/aromatic N) is 4. The van der Waals surface area contributed by atoms with Crippen LogP contribution in [0, 0.1) is 0 Å². The Hall–Kier alpha value is -2.90. The highest BCUT2D eigenvalue weighted by Crippen LogP contribution is 2.36. The molecule has 0 aliphatic carbocycles. The van der Waals surface area contributed by atoms with Gasteiger partial charge in [0.05, 0.1) is 19.8 Å². The summed E-state index contributed by atoms with van der Waals surface area (Å²) in [6, 6.07) is 6.99. The van der Waals surface area contributed by atoms with E-state index >= 15 is 0 Å². The van der Waals surface area contributed by atoms with Crippen LogP contribution in [0.15, 0.2) is 35.5 Å². The molecule has 1 atom stereocenters. The van der Waals surface area contributed by atoms with E-state index in [9.17, 15) is 4.79 Å². The average molecular weight is 315 g/mol.